The van der Waals surface area contributed by atoms with E-state index in [0.29, 0.717) is 18.8 Å². The van der Waals surface area contributed by atoms with Crippen molar-refractivity contribution in [1.29, 1.82) is 0 Å². The number of hydrogen-bond donors (Lipinski definition) is 0. The largest absolute Gasteiger partial charge is 0.416 e. The average molecular weight is 313 g/mol. The van der Waals surface area contributed by atoms with Crippen LogP contribution in [-0.2, 0) is 24.1 Å². The Hall–Kier alpha value is -1.52. The van der Waals surface area contributed by atoms with E-state index in [1.54, 1.807) is 0 Å². The van der Waals surface area contributed by atoms with Gasteiger partial charge in [-0.2, -0.15) is 13.2 Å². The maximum atomic E-state index is 12.5. The number of ether oxygens (including phenoxy) is 1. The fourth-order valence-corrected chi connectivity index (χ4v) is 2.66. The number of rotatable bonds is 2. The van der Waals surface area contributed by atoms with Crippen molar-refractivity contribution in [3.05, 3.63) is 70.3 Å². The lowest BCUT2D eigenvalue weighted by Gasteiger charge is -2.13. The first-order valence-electron chi connectivity index (χ1n) is 6.46. The Kier molecular flexibility index (Phi) is 3.68. The van der Waals surface area contributed by atoms with Crippen LogP contribution in [0.25, 0.3) is 0 Å². The Bertz CT molecular complexity index is 650. The van der Waals surface area contributed by atoms with Crippen molar-refractivity contribution in [2.24, 2.45) is 0 Å². The summed E-state index contributed by atoms with van der Waals surface area (Å²) < 4.78 is 43.0. The minimum Gasteiger partial charge on any atom is -0.372 e. The maximum absolute atomic E-state index is 12.5. The molecule has 0 aliphatic carbocycles. The molecule has 2 aromatic carbocycles. The van der Waals surface area contributed by atoms with Gasteiger partial charge in [0.2, 0.25) is 0 Å². The van der Waals surface area contributed by atoms with Gasteiger partial charge >= 0.3 is 6.18 Å². The van der Waals surface area contributed by atoms with Crippen LogP contribution >= 0.6 is 11.6 Å². The summed E-state index contributed by atoms with van der Waals surface area (Å²) in [5.74, 6) is 0. The summed E-state index contributed by atoms with van der Waals surface area (Å²) in [7, 11) is 0. The zero-order valence-corrected chi connectivity index (χ0v) is 11.7. The smallest absolute Gasteiger partial charge is 0.372 e. The minimum absolute atomic E-state index is 0.474. The Morgan fingerprint density at radius 2 is 1.52 bits per heavy atom. The van der Waals surface area contributed by atoms with E-state index in [0.717, 1.165) is 28.8 Å². The van der Waals surface area contributed by atoms with Gasteiger partial charge in [0.15, 0.2) is 0 Å². The Labute approximate surface area is 125 Å². The van der Waals surface area contributed by atoms with Crippen LogP contribution in [0.3, 0.4) is 0 Å². The molecule has 0 N–H and O–H groups in total. The lowest BCUT2D eigenvalue weighted by atomic mass is 9.99. The third kappa shape index (κ3) is 2.92. The molecule has 0 aromatic heterocycles. The van der Waals surface area contributed by atoms with Gasteiger partial charge in [0.05, 0.1) is 24.2 Å². The second-order valence-corrected chi connectivity index (χ2v) is 5.44. The van der Waals surface area contributed by atoms with Crippen LogP contribution < -0.4 is 0 Å². The summed E-state index contributed by atoms with van der Waals surface area (Å²) in [4.78, 5) is 0. The molecule has 1 unspecified atom stereocenters. The van der Waals surface area contributed by atoms with Crippen molar-refractivity contribution < 1.29 is 17.9 Å². The van der Waals surface area contributed by atoms with Crippen LogP contribution in [0.15, 0.2) is 42.5 Å². The quantitative estimate of drug-likeness (QED) is 0.704. The van der Waals surface area contributed by atoms with Crippen molar-refractivity contribution in [3.8, 4) is 0 Å². The highest BCUT2D eigenvalue weighted by Crippen LogP contribution is 2.34. The van der Waals surface area contributed by atoms with E-state index in [2.05, 4.69) is 0 Å². The van der Waals surface area contributed by atoms with Crippen molar-refractivity contribution in [2.75, 3.05) is 0 Å². The molecule has 0 saturated carbocycles. The first kappa shape index (κ1) is 14.4. The highest BCUT2D eigenvalue weighted by Gasteiger charge is 2.30. The molecule has 0 amide bonds. The molecule has 0 bridgehead atoms. The molecular formula is C16H12ClF3O. The van der Waals surface area contributed by atoms with Crippen LogP contribution in [0.5, 0.6) is 0 Å². The molecule has 1 aliphatic rings. The minimum atomic E-state index is -4.33. The zero-order valence-electron chi connectivity index (χ0n) is 11.0. The number of halogens is 4. The molecule has 110 valence electrons. The topological polar surface area (TPSA) is 9.23 Å². The summed E-state index contributed by atoms with van der Waals surface area (Å²) in [6, 6.07) is 10.8. The van der Waals surface area contributed by atoms with E-state index >= 15 is 0 Å². The van der Waals surface area contributed by atoms with Gasteiger partial charge in [0.1, 0.15) is 0 Å². The molecule has 5 heteroatoms. The molecule has 1 nitrogen and oxygen atoms in total. The van der Waals surface area contributed by atoms with Gasteiger partial charge in [-0.05, 0) is 34.4 Å². The van der Waals surface area contributed by atoms with E-state index in [1.807, 2.05) is 18.2 Å². The van der Waals surface area contributed by atoms with Crippen molar-refractivity contribution in [1.82, 2.24) is 0 Å². The Morgan fingerprint density at radius 1 is 0.905 bits per heavy atom. The van der Waals surface area contributed by atoms with Gasteiger partial charge in [-0.3, -0.25) is 0 Å². The monoisotopic (exact) mass is 312 g/mol. The SMILES string of the molecule is FC(F)(F)c1ccc(C(Cl)c2ccc3c(c2)COC3)cc1. The average Bonchev–Trinajstić information content (AvgIpc) is 2.93. The molecule has 0 spiro atoms. The second kappa shape index (κ2) is 5.35. The molecule has 21 heavy (non-hydrogen) atoms. The lowest BCUT2D eigenvalue weighted by molar-refractivity contribution is -0.137. The predicted octanol–water partition coefficient (Wildman–Crippen LogP) is 5.06. The normalized spacial score (nSPS) is 15.8. The summed E-state index contributed by atoms with van der Waals surface area (Å²) in [6.45, 7) is 1.16. The van der Waals surface area contributed by atoms with Gasteiger partial charge in [0.25, 0.3) is 0 Å². The summed E-state index contributed by atoms with van der Waals surface area (Å²) in [5, 5.41) is -0.474. The summed E-state index contributed by atoms with van der Waals surface area (Å²) in [5.41, 5.74) is 3.06. The molecule has 0 fully saturated rings. The fourth-order valence-electron chi connectivity index (χ4n) is 2.38. The molecule has 1 aliphatic heterocycles. The van der Waals surface area contributed by atoms with Crippen LogP contribution in [0.2, 0.25) is 0 Å². The van der Waals surface area contributed by atoms with Crippen LogP contribution in [0, 0.1) is 0 Å². The van der Waals surface area contributed by atoms with Gasteiger partial charge in [-0.25, -0.2) is 0 Å². The third-order valence-corrected chi connectivity index (χ3v) is 4.07. The van der Waals surface area contributed by atoms with Crippen LogP contribution in [0.1, 0.15) is 33.2 Å². The van der Waals surface area contributed by atoms with E-state index in [1.165, 1.54) is 12.1 Å². The van der Waals surface area contributed by atoms with E-state index < -0.39 is 17.1 Å². The van der Waals surface area contributed by atoms with Crippen LogP contribution in [-0.4, -0.2) is 0 Å². The molecule has 1 atom stereocenters. The molecule has 2 aromatic rings. The second-order valence-electron chi connectivity index (χ2n) is 5.00. The lowest BCUT2D eigenvalue weighted by Crippen LogP contribution is -2.05. The van der Waals surface area contributed by atoms with Crippen molar-refractivity contribution in [2.45, 2.75) is 24.8 Å². The standard InChI is InChI=1S/C16H12ClF3O/c17-15(10-3-5-14(6-4-10)16(18,19)20)11-1-2-12-8-21-9-13(12)7-11/h1-7,15H,8-9H2. The van der Waals surface area contributed by atoms with E-state index in [4.69, 9.17) is 16.3 Å². The first-order valence-corrected chi connectivity index (χ1v) is 6.89. The number of hydrogen-bond acceptors (Lipinski definition) is 1. The zero-order chi connectivity index (χ0) is 15.0. The van der Waals surface area contributed by atoms with Gasteiger partial charge < -0.3 is 4.74 Å². The predicted molar refractivity (Wildman–Crippen MR) is 74.1 cm³/mol. The number of benzene rings is 2. The van der Waals surface area contributed by atoms with Crippen molar-refractivity contribution in [3.63, 3.8) is 0 Å². The van der Waals surface area contributed by atoms with Gasteiger partial charge in [-0.1, -0.05) is 30.3 Å². The third-order valence-electron chi connectivity index (χ3n) is 3.57. The molecule has 3 rings (SSSR count). The number of alkyl halides is 4. The Balaban J connectivity index is 1.86. The number of fused-ring (bicyclic) bond motifs is 1. The molecular weight excluding hydrogens is 301 g/mol. The highest BCUT2D eigenvalue weighted by atomic mass is 35.5. The highest BCUT2D eigenvalue weighted by molar-refractivity contribution is 6.22. The van der Waals surface area contributed by atoms with E-state index in [-0.39, 0.29) is 0 Å². The molecule has 0 saturated heterocycles. The first-order chi connectivity index (χ1) is 9.95. The van der Waals surface area contributed by atoms with Gasteiger partial charge in [-0.15, -0.1) is 11.6 Å². The Morgan fingerprint density at radius 3 is 2.19 bits per heavy atom. The molecule has 0 radical (unpaired) electrons. The van der Waals surface area contributed by atoms with Crippen LogP contribution in [0.4, 0.5) is 13.2 Å². The van der Waals surface area contributed by atoms with E-state index in [9.17, 15) is 13.2 Å². The summed E-state index contributed by atoms with van der Waals surface area (Å²) in [6.07, 6.45) is -4.33. The summed E-state index contributed by atoms with van der Waals surface area (Å²) >= 11 is 6.38. The fraction of sp³-hybridized carbons (Fsp3) is 0.250. The maximum Gasteiger partial charge on any atom is 0.416 e. The van der Waals surface area contributed by atoms with Gasteiger partial charge in [0, 0.05) is 0 Å². The molecule has 1 heterocycles. The van der Waals surface area contributed by atoms with Crippen molar-refractivity contribution >= 4 is 11.6 Å².